The third-order valence-electron chi connectivity index (χ3n) is 2.93. The summed E-state index contributed by atoms with van der Waals surface area (Å²) in [6, 6.07) is 4.97. The van der Waals surface area contributed by atoms with Crippen LogP contribution in [0, 0.1) is 0 Å². The molecule has 110 valence electrons. The molecule has 20 heavy (non-hydrogen) atoms. The average molecular weight is 305 g/mol. The van der Waals surface area contributed by atoms with Gasteiger partial charge in [-0.3, -0.25) is 4.79 Å². The Labute approximate surface area is 118 Å². The summed E-state index contributed by atoms with van der Waals surface area (Å²) < 4.78 is 38.1. The van der Waals surface area contributed by atoms with Crippen molar-refractivity contribution in [2.45, 2.75) is 24.6 Å². The number of thioether (sulfide) groups is 1. The molecule has 3 nitrogen and oxygen atoms in total. The minimum absolute atomic E-state index is 0.118. The van der Waals surface area contributed by atoms with E-state index in [1.165, 1.54) is 22.7 Å². The number of halogens is 3. The number of amides is 1. The van der Waals surface area contributed by atoms with Crippen molar-refractivity contribution >= 4 is 17.7 Å². The zero-order chi connectivity index (χ0) is 14.9. The second-order valence-corrected chi connectivity index (χ2v) is 5.75. The predicted octanol–water partition coefficient (Wildman–Crippen LogP) is 2.66. The highest BCUT2D eigenvalue weighted by atomic mass is 32.2. The fourth-order valence-electron chi connectivity index (χ4n) is 2.08. The van der Waals surface area contributed by atoms with E-state index in [1.807, 2.05) is 0 Å². The molecule has 1 aromatic rings. The molecule has 7 heteroatoms. The van der Waals surface area contributed by atoms with Crippen LogP contribution in [0.4, 0.5) is 13.2 Å². The van der Waals surface area contributed by atoms with Crippen molar-refractivity contribution < 1.29 is 23.1 Å². The molecule has 0 spiro atoms. The summed E-state index contributed by atoms with van der Waals surface area (Å²) in [5.74, 6) is 0.0477. The third kappa shape index (κ3) is 3.27. The first-order valence-electron chi connectivity index (χ1n) is 6.05. The number of alkyl halides is 3. The van der Waals surface area contributed by atoms with Gasteiger partial charge < -0.3 is 10.0 Å². The molecule has 1 aromatic carbocycles. The van der Waals surface area contributed by atoms with E-state index >= 15 is 0 Å². The standard InChI is InChI=1S/C13H14F3NO2S/c1-8(18)6-17-11(19)7-20-12(17)9-3-2-4-10(5-9)13(14,15)16/h2-5,8,12,18H,6-7H2,1H3/t8-,12+/m1/s1. The minimum Gasteiger partial charge on any atom is -0.392 e. The maximum Gasteiger partial charge on any atom is 0.416 e. The van der Waals surface area contributed by atoms with Crippen molar-refractivity contribution in [3.8, 4) is 0 Å². The van der Waals surface area contributed by atoms with Crippen LogP contribution in [-0.2, 0) is 11.0 Å². The predicted molar refractivity (Wildman–Crippen MR) is 70.0 cm³/mol. The smallest absolute Gasteiger partial charge is 0.392 e. The number of carbonyl (C=O) groups excluding carboxylic acids is 1. The molecular formula is C13H14F3NO2S. The zero-order valence-corrected chi connectivity index (χ0v) is 11.5. The summed E-state index contributed by atoms with van der Waals surface area (Å²) in [5.41, 5.74) is -0.303. The number of carbonyl (C=O) groups is 1. The van der Waals surface area contributed by atoms with Gasteiger partial charge in [-0.2, -0.15) is 13.2 Å². The number of benzene rings is 1. The van der Waals surface area contributed by atoms with Crippen molar-refractivity contribution in [2.75, 3.05) is 12.3 Å². The highest BCUT2D eigenvalue weighted by Crippen LogP contribution is 2.40. The van der Waals surface area contributed by atoms with Gasteiger partial charge in [-0.15, -0.1) is 11.8 Å². The van der Waals surface area contributed by atoms with Crippen LogP contribution in [0.1, 0.15) is 23.4 Å². The molecular weight excluding hydrogens is 291 g/mol. The lowest BCUT2D eigenvalue weighted by molar-refractivity contribution is -0.137. The van der Waals surface area contributed by atoms with Crippen LogP contribution in [0.2, 0.25) is 0 Å². The van der Waals surface area contributed by atoms with Crippen LogP contribution in [0.5, 0.6) is 0 Å². The number of hydrogen-bond donors (Lipinski definition) is 1. The molecule has 0 aromatic heterocycles. The Morgan fingerprint density at radius 2 is 2.20 bits per heavy atom. The van der Waals surface area contributed by atoms with Crippen LogP contribution in [0.25, 0.3) is 0 Å². The first-order chi connectivity index (χ1) is 9.29. The highest BCUT2D eigenvalue weighted by molar-refractivity contribution is 8.00. The fourth-order valence-corrected chi connectivity index (χ4v) is 3.27. The first kappa shape index (κ1) is 15.2. The summed E-state index contributed by atoms with van der Waals surface area (Å²) in [5, 5.41) is 8.92. The lowest BCUT2D eigenvalue weighted by Gasteiger charge is -2.25. The van der Waals surface area contributed by atoms with Gasteiger partial charge >= 0.3 is 6.18 Å². The quantitative estimate of drug-likeness (QED) is 0.933. The molecule has 1 heterocycles. The normalized spacial score (nSPS) is 21.4. The molecule has 0 saturated carbocycles. The monoisotopic (exact) mass is 305 g/mol. The largest absolute Gasteiger partial charge is 0.416 e. The summed E-state index contributed by atoms with van der Waals surface area (Å²) >= 11 is 1.27. The SMILES string of the molecule is C[C@@H](O)CN1C(=O)CS[C@H]1c1cccc(C(F)(F)F)c1. The fraction of sp³-hybridized carbons (Fsp3) is 0.462. The van der Waals surface area contributed by atoms with Crippen LogP contribution in [-0.4, -0.2) is 34.3 Å². The van der Waals surface area contributed by atoms with E-state index in [1.54, 1.807) is 13.0 Å². The second-order valence-electron chi connectivity index (χ2n) is 4.68. The number of rotatable bonds is 3. The van der Waals surface area contributed by atoms with E-state index in [4.69, 9.17) is 0 Å². The van der Waals surface area contributed by atoms with E-state index in [2.05, 4.69) is 0 Å². The molecule has 1 aliphatic rings. The zero-order valence-electron chi connectivity index (χ0n) is 10.7. The Morgan fingerprint density at radius 1 is 1.50 bits per heavy atom. The van der Waals surface area contributed by atoms with Gasteiger partial charge in [-0.25, -0.2) is 0 Å². The van der Waals surface area contributed by atoms with E-state index in [-0.39, 0.29) is 18.2 Å². The summed E-state index contributed by atoms with van der Waals surface area (Å²) in [4.78, 5) is 13.2. The number of hydrogen-bond acceptors (Lipinski definition) is 3. The molecule has 0 aliphatic carbocycles. The van der Waals surface area contributed by atoms with Crippen molar-refractivity contribution in [1.82, 2.24) is 4.90 Å². The van der Waals surface area contributed by atoms with Gasteiger partial charge in [0.1, 0.15) is 5.37 Å². The van der Waals surface area contributed by atoms with Gasteiger partial charge in [-0.05, 0) is 24.6 Å². The molecule has 1 aliphatic heterocycles. The molecule has 1 amide bonds. The highest BCUT2D eigenvalue weighted by Gasteiger charge is 2.35. The number of nitrogens with zero attached hydrogens (tertiary/aromatic N) is 1. The van der Waals surface area contributed by atoms with Crippen LogP contribution in [0.3, 0.4) is 0 Å². The molecule has 0 unspecified atom stereocenters. The molecule has 1 saturated heterocycles. The lowest BCUT2D eigenvalue weighted by Crippen LogP contribution is -2.34. The van der Waals surface area contributed by atoms with E-state index in [0.717, 1.165) is 12.1 Å². The maximum absolute atomic E-state index is 12.7. The van der Waals surface area contributed by atoms with Crippen LogP contribution < -0.4 is 0 Å². The summed E-state index contributed by atoms with van der Waals surface area (Å²) in [7, 11) is 0. The molecule has 0 bridgehead atoms. The number of aliphatic hydroxyl groups is 1. The van der Waals surface area contributed by atoms with Crippen LogP contribution in [0.15, 0.2) is 24.3 Å². The topological polar surface area (TPSA) is 40.5 Å². The molecule has 0 radical (unpaired) electrons. The van der Waals surface area contributed by atoms with E-state index in [0.29, 0.717) is 5.56 Å². The van der Waals surface area contributed by atoms with Gasteiger partial charge in [0.2, 0.25) is 5.91 Å². The Bertz CT molecular complexity index is 505. The molecule has 2 atom stereocenters. The third-order valence-corrected chi connectivity index (χ3v) is 4.18. The summed E-state index contributed by atoms with van der Waals surface area (Å²) in [6.45, 7) is 1.66. The van der Waals surface area contributed by atoms with Gasteiger partial charge in [0.25, 0.3) is 0 Å². The molecule has 1 fully saturated rings. The summed E-state index contributed by atoms with van der Waals surface area (Å²) in [6.07, 6.45) is -5.12. The molecule has 1 N–H and O–H groups in total. The first-order valence-corrected chi connectivity index (χ1v) is 7.10. The Morgan fingerprint density at radius 3 is 2.80 bits per heavy atom. The van der Waals surface area contributed by atoms with Gasteiger partial charge in [-0.1, -0.05) is 12.1 Å². The molecule has 2 rings (SSSR count). The Balaban J connectivity index is 2.28. The average Bonchev–Trinajstić information content (AvgIpc) is 2.70. The van der Waals surface area contributed by atoms with Gasteiger partial charge in [0.05, 0.1) is 17.4 Å². The van der Waals surface area contributed by atoms with Crippen molar-refractivity contribution in [3.63, 3.8) is 0 Å². The van der Waals surface area contributed by atoms with Crippen molar-refractivity contribution in [1.29, 1.82) is 0 Å². The van der Waals surface area contributed by atoms with Crippen molar-refractivity contribution in [2.24, 2.45) is 0 Å². The second kappa shape index (κ2) is 5.65. The van der Waals surface area contributed by atoms with E-state index < -0.39 is 23.2 Å². The van der Waals surface area contributed by atoms with Gasteiger partial charge in [0.15, 0.2) is 0 Å². The Hall–Kier alpha value is -1.21. The number of aliphatic hydroxyl groups excluding tert-OH is 1. The minimum atomic E-state index is -4.40. The number of β-amino-alcohol motifs (C(OH)–C–C–N with tert-alkyl or cyclic N) is 1. The van der Waals surface area contributed by atoms with Crippen LogP contribution >= 0.6 is 11.8 Å². The maximum atomic E-state index is 12.7. The lowest BCUT2D eigenvalue weighted by atomic mass is 10.1. The van der Waals surface area contributed by atoms with Gasteiger partial charge in [0, 0.05) is 6.54 Å². The van der Waals surface area contributed by atoms with E-state index in [9.17, 15) is 23.1 Å². The Kier molecular flexibility index (Phi) is 4.29. The van der Waals surface area contributed by atoms with Crippen molar-refractivity contribution in [3.05, 3.63) is 35.4 Å².